The summed E-state index contributed by atoms with van der Waals surface area (Å²) in [6.07, 6.45) is 53.1. The van der Waals surface area contributed by atoms with Gasteiger partial charge in [0, 0.05) is 6.42 Å². The van der Waals surface area contributed by atoms with Crippen molar-refractivity contribution in [3.63, 3.8) is 0 Å². The third kappa shape index (κ3) is 40.4. The Labute approximate surface area is 353 Å². The molecule has 0 rings (SSSR count). The Bertz CT molecular complexity index is 988. The van der Waals surface area contributed by atoms with Gasteiger partial charge in [-0.3, -0.25) is 9.59 Å². The first-order valence-corrected chi connectivity index (χ1v) is 24.4. The van der Waals surface area contributed by atoms with E-state index in [-0.39, 0.29) is 24.9 Å². The summed E-state index contributed by atoms with van der Waals surface area (Å²) in [6.45, 7) is 6.32. The fourth-order valence-corrected chi connectivity index (χ4v) is 7.32. The van der Waals surface area contributed by atoms with E-state index in [4.69, 9.17) is 4.74 Å². The number of unbranched alkanes of at least 4 members (excludes halogenated alkanes) is 26. The summed E-state index contributed by atoms with van der Waals surface area (Å²) >= 11 is 0. The third-order valence-electron chi connectivity index (χ3n) is 11.0. The van der Waals surface area contributed by atoms with Crippen molar-refractivity contribution in [3.8, 4) is 0 Å². The van der Waals surface area contributed by atoms with Gasteiger partial charge in [0.1, 0.15) is 6.10 Å². The first-order chi connectivity index (χ1) is 28.0. The third-order valence-corrected chi connectivity index (χ3v) is 11.0. The van der Waals surface area contributed by atoms with Crippen LogP contribution >= 0.6 is 0 Å². The molecular formula is C51H93NO5. The number of carbonyl (C=O) groups is 2. The standard InChI is InChI=1S/C51H93NO5/c1-4-7-10-13-16-19-22-24-25-27-29-31-34-37-40-43-49(54)48(46-53)52-50(55)45-47(42-39-36-33-30-28-26-23-20-17-14-11-8-5-2)57-51(56)44-41-38-35-32-21-18-15-12-9-6-3/h8,11,14,17,20,23,26,28,47-49,53-54H,4-7,9-10,12-13,15-16,18-19,21-22,24-25,27,29-46H2,1-3H3,(H,52,55)/b11-8+,17-14+,23-20+,28-26-. The molecule has 0 aliphatic rings. The summed E-state index contributed by atoms with van der Waals surface area (Å²) in [5, 5.41) is 23.7. The van der Waals surface area contributed by atoms with E-state index < -0.39 is 18.2 Å². The molecule has 0 bridgehead atoms. The number of carbonyl (C=O) groups excluding carboxylic acids is 2. The highest BCUT2D eigenvalue weighted by molar-refractivity contribution is 5.77. The molecular weight excluding hydrogens is 707 g/mol. The first kappa shape index (κ1) is 54.8. The number of aliphatic hydroxyl groups excluding tert-OH is 2. The zero-order valence-corrected chi connectivity index (χ0v) is 37.7. The number of nitrogens with one attached hydrogen (secondary N) is 1. The minimum Gasteiger partial charge on any atom is -0.462 e. The van der Waals surface area contributed by atoms with Gasteiger partial charge in [0.05, 0.1) is 25.2 Å². The highest BCUT2D eigenvalue weighted by Crippen LogP contribution is 2.18. The normalized spacial score (nSPS) is 13.7. The summed E-state index contributed by atoms with van der Waals surface area (Å²) in [4.78, 5) is 26.0. The maximum atomic E-state index is 13.2. The molecule has 0 saturated carbocycles. The minimum absolute atomic E-state index is 0.0532. The van der Waals surface area contributed by atoms with Crippen molar-refractivity contribution in [2.24, 2.45) is 0 Å². The molecule has 0 aliphatic carbocycles. The second kappa shape index (κ2) is 44.9. The molecule has 3 unspecified atom stereocenters. The molecule has 0 spiro atoms. The molecule has 0 fully saturated rings. The van der Waals surface area contributed by atoms with Gasteiger partial charge in [-0.15, -0.1) is 0 Å². The Balaban J connectivity index is 4.58. The molecule has 3 N–H and O–H groups in total. The number of rotatable bonds is 43. The van der Waals surface area contributed by atoms with Crippen LogP contribution in [0.2, 0.25) is 0 Å². The van der Waals surface area contributed by atoms with Crippen molar-refractivity contribution in [1.82, 2.24) is 5.32 Å². The van der Waals surface area contributed by atoms with E-state index in [1.165, 1.54) is 122 Å². The van der Waals surface area contributed by atoms with Crippen LogP contribution in [0.25, 0.3) is 0 Å². The lowest BCUT2D eigenvalue weighted by molar-refractivity contribution is -0.151. The summed E-state index contributed by atoms with van der Waals surface area (Å²) < 4.78 is 5.89. The van der Waals surface area contributed by atoms with Crippen molar-refractivity contribution in [2.45, 2.75) is 257 Å². The smallest absolute Gasteiger partial charge is 0.306 e. The highest BCUT2D eigenvalue weighted by atomic mass is 16.5. The van der Waals surface area contributed by atoms with Crippen molar-refractivity contribution >= 4 is 11.9 Å². The van der Waals surface area contributed by atoms with Crippen LogP contribution in [0.15, 0.2) is 48.6 Å². The minimum atomic E-state index is -0.796. The van der Waals surface area contributed by atoms with E-state index in [0.29, 0.717) is 19.3 Å². The van der Waals surface area contributed by atoms with Crippen LogP contribution in [-0.2, 0) is 14.3 Å². The lowest BCUT2D eigenvalue weighted by atomic mass is 10.0. The molecule has 0 radical (unpaired) electrons. The van der Waals surface area contributed by atoms with Gasteiger partial charge < -0.3 is 20.3 Å². The van der Waals surface area contributed by atoms with Crippen LogP contribution in [0.1, 0.15) is 239 Å². The maximum absolute atomic E-state index is 13.2. The van der Waals surface area contributed by atoms with Gasteiger partial charge >= 0.3 is 5.97 Å². The summed E-state index contributed by atoms with van der Waals surface area (Å²) in [5.41, 5.74) is 0. The Kier molecular flexibility index (Phi) is 43.2. The van der Waals surface area contributed by atoms with Crippen molar-refractivity contribution in [1.29, 1.82) is 0 Å². The fourth-order valence-electron chi connectivity index (χ4n) is 7.32. The van der Waals surface area contributed by atoms with E-state index in [2.05, 4.69) is 50.4 Å². The lowest BCUT2D eigenvalue weighted by Crippen LogP contribution is -2.46. The van der Waals surface area contributed by atoms with Gasteiger partial charge in [-0.2, -0.15) is 0 Å². The SMILES string of the molecule is CC/C=C/C=C/C=C/C=C\CCCCCC(CC(=O)NC(CO)C(O)CCCCCCCCCCCCCCCCC)OC(=O)CCCCCCCCCCCC. The van der Waals surface area contributed by atoms with Gasteiger partial charge in [0.2, 0.25) is 5.91 Å². The Morgan fingerprint density at radius 1 is 0.526 bits per heavy atom. The zero-order chi connectivity index (χ0) is 41.7. The topological polar surface area (TPSA) is 95.9 Å². The predicted molar refractivity (Wildman–Crippen MR) is 245 cm³/mol. The number of allylic oxidation sites excluding steroid dienone is 8. The molecule has 0 heterocycles. The Morgan fingerprint density at radius 3 is 1.44 bits per heavy atom. The fraction of sp³-hybridized carbons (Fsp3) is 0.804. The molecule has 6 heteroatoms. The van der Waals surface area contributed by atoms with E-state index in [9.17, 15) is 19.8 Å². The van der Waals surface area contributed by atoms with Crippen LogP contribution in [0, 0.1) is 0 Å². The number of hydrogen-bond donors (Lipinski definition) is 3. The van der Waals surface area contributed by atoms with Crippen molar-refractivity contribution in [2.75, 3.05) is 6.61 Å². The first-order valence-electron chi connectivity index (χ1n) is 24.4. The number of hydrogen-bond acceptors (Lipinski definition) is 5. The molecule has 0 saturated heterocycles. The molecule has 332 valence electrons. The molecule has 0 aromatic heterocycles. The highest BCUT2D eigenvalue weighted by Gasteiger charge is 2.24. The number of aliphatic hydroxyl groups is 2. The average Bonchev–Trinajstić information content (AvgIpc) is 3.20. The lowest BCUT2D eigenvalue weighted by Gasteiger charge is -2.24. The van der Waals surface area contributed by atoms with Crippen LogP contribution < -0.4 is 5.32 Å². The largest absolute Gasteiger partial charge is 0.462 e. The number of esters is 1. The van der Waals surface area contributed by atoms with Crippen LogP contribution in [-0.4, -0.2) is 46.9 Å². The van der Waals surface area contributed by atoms with Gasteiger partial charge in [-0.1, -0.05) is 230 Å². The predicted octanol–water partition coefficient (Wildman–Crippen LogP) is 14.3. The van der Waals surface area contributed by atoms with Crippen molar-refractivity contribution < 1.29 is 24.5 Å². The number of amides is 1. The molecule has 1 amide bonds. The van der Waals surface area contributed by atoms with E-state index in [1.807, 2.05) is 24.3 Å². The molecule has 0 aromatic rings. The Hall–Kier alpha value is -2.18. The maximum Gasteiger partial charge on any atom is 0.306 e. The van der Waals surface area contributed by atoms with Crippen LogP contribution in [0.4, 0.5) is 0 Å². The van der Waals surface area contributed by atoms with Crippen molar-refractivity contribution in [3.05, 3.63) is 48.6 Å². The second-order valence-electron chi connectivity index (χ2n) is 16.6. The molecule has 6 nitrogen and oxygen atoms in total. The number of ether oxygens (including phenoxy) is 1. The molecule has 0 aromatic carbocycles. The van der Waals surface area contributed by atoms with E-state index in [0.717, 1.165) is 70.6 Å². The Morgan fingerprint density at radius 2 is 0.947 bits per heavy atom. The average molecular weight is 800 g/mol. The second-order valence-corrected chi connectivity index (χ2v) is 16.6. The van der Waals surface area contributed by atoms with E-state index >= 15 is 0 Å². The molecule has 0 aliphatic heterocycles. The summed E-state index contributed by atoms with van der Waals surface area (Å²) in [6, 6.07) is -0.712. The van der Waals surface area contributed by atoms with Gasteiger partial charge in [0.15, 0.2) is 0 Å². The quantitative estimate of drug-likeness (QED) is 0.0324. The van der Waals surface area contributed by atoms with Crippen LogP contribution in [0.5, 0.6) is 0 Å². The molecule has 57 heavy (non-hydrogen) atoms. The van der Waals surface area contributed by atoms with E-state index in [1.54, 1.807) is 0 Å². The zero-order valence-electron chi connectivity index (χ0n) is 37.7. The molecule has 3 atom stereocenters. The van der Waals surface area contributed by atoms with Gasteiger partial charge in [0.25, 0.3) is 0 Å². The summed E-state index contributed by atoms with van der Waals surface area (Å²) in [7, 11) is 0. The monoisotopic (exact) mass is 800 g/mol. The van der Waals surface area contributed by atoms with Crippen LogP contribution in [0.3, 0.4) is 0 Å². The van der Waals surface area contributed by atoms with Gasteiger partial charge in [-0.05, 0) is 44.9 Å². The van der Waals surface area contributed by atoms with Gasteiger partial charge in [-0.25, -0.2) is 0 Å². The summed E-state index contributed by atoms with van der Waals surface area (Å²) in [5.74, 6) is -0.511.